The molecule has 2 aromatic rings. The minimum atomic E-state index is -0.847. The smallest absolute Gasteiger partial charge is 0.313 e. The van der Waals surface area contributed by atoms with Gasteiger partial charge in [-0.15, -0.1) is 21.5 Å². The van der Waals surface area contributed by atoms with E-state index in [0.29, 0.717) is 5.16 Å². The molecule has 0 aliphatic carbocycles. The second-order valence-electron chi connectivity index (χ2n) is 5.36. The first-order valence-electron chi connectivity index (χ1n) is 6.80. The molecule has 0 unspecified atom stereocenters. The molecule has 2 heterocycles. The van der Waals surface area contributed by atoms with Crippen molar-refractivity contribution in [2.24, 2.45) is 0 Å². The lowest BCUT2D eigenvalue weighted by molar-refractivity contribution is -0.133. The highest BCUT2D eigenvalue weighted by atomic mass is 32.2. The van der Waals surface area contributed by atoms with Crippen LogP contribution in [0, 0.1) is 0 Å². The van der Waals surface area contributed by atoms with Crippen LogP contribution in [0.25, 0.3) is 10.7 Å². The quantitative estimate of drug-likeness (QED) is 0.786. The number of thioether (sulfide) groups is 1. The molecule has 21 heavy (non-hydrogen) atoms. The van der Waals surface area contributed by atoms with Crippen molar-refractivity contribution in [1.82, 2.24) is 14.8 Å². The number of nitrogens with zero attached hydrogens (tertiary/aromatic N) is 3. The van der Waals surface area contributed by atoms with Gasteiger partial charge in [-0.1, -0.05) is 31.2 Å². The number of carbonyl (C=O) groups is 1. The molecule has 0 aromatic carbocycles. The van der Waals surface area contributed by atoms with Crippen molar-refractivity contribution in [3.05, 3.63) is 17.5 Å². The van der Waals surface area contributed by atoms with E-state index in [2.05, 4.69) is 35.5 Å². The Morgan fingerprint density at radius 3 is 2.81 bits per heavy atom. The summed E-state index contributed by atoms with van der Waals surface area (Å²) >= 11 is 2.83. The van der Waals surface area contributed by atoms with Crippen LogP contribution in [0.4, 0.5) is 0 Å². The van der Waals surface area contributed by atoms with Gasteiger partial charge in [0.2, 0.25) is 0 Å². The molecule has 0 atom stereocenters. The third kappa shape index (κ3) is 3.65. The largest absolute Gasteiger partial charge is 0.481 e. The fourth-order valence-electron chi connectivity index (χ4n) is 2.32. The van der Waals surface area contributed by atoms with Gasteiger partial charge in [0.05, 0.1) is 10.6 Å². The minimum Gasteiger partial charge on any atom is -0.481 e. The summed E-state index contributed by atoms with van der Waals surface area (Å²) in [4.78, 5) is 11.9. The molecule has 2 aromatic heterocycles. The Kier molecular flexibility index (Phi) is 5.05. The number of aromatic nitrogens is 3. The maximum atomic E-state index is 10.8. The molecule has 0 fully saturated rings. The fourth-order valence-corrected chi connectivity index (χ4v) is 3.84. The lowest BCUT2D eigenvalue weighted by Crippen LogP contribution is -2.27. The van der Waals surface area contributed by atoms with Gasteiger partial charge in [-0.05, 0) is 31.7 Å². The lowest BCUT2D eigenvalue weighted by atomic mass is 9.98. The lowest BCUT2D eigenvalue weighted by Gasteiger charge is -2.28. The highest BCUT2D eigenvalue weighted by Crippen LogP contribution is 2.34. The molecule has 0 saturated carbocycles. The van der Waals surface area contributed by atoms with Crippen molar-refractivity contribution in [2.45, 2.75) is 44.3 Å². The molecule has 0 spiro atoms. The van der Waals surface area contributed by atoms with E-state index >= 15 is 0 Å². The summed E-state index contributed by atoms with van der Waals surface area (Å²) in [5.41, 5.74) is -0.154. The third-order valence-corrected chi connectivity index (χ3v) is 4.95. The molecule has 2 rings (SSSR count). The zero-order chi connectivity index (χ0) is 15.5. The first-order valence-corrected chi connectivity index (χ1v) is 8.66. The molecule has 5 nitrogen and oxygen atoms in total. The Labute approximate surface area is 132 Å². The summed E-state index contributed by atoms with van der Waals surface area (Å²) in [6.07, 6.45) is 2.02. The average molecular weight is 325 g/mol. The topological polar surface area (TPSA) is 68.0 Å². The van der Waals surface area contributed by atoms with Gasteiger partial charge in [0, 0.05) is 5.54 Å². The molecule has 0 saturated heterocycles. The van der Waals surface area contributed by atoms with Gasteiger partial charge >= 0.3 is 5.97 Å². The molecular formula is C14H19N3O2S2. The predicted octanol–water partition coefficient (Wildman–Crippen LogP) is 3.72. The van der Waals surface area contributed by atoms with E-state index in [-0.39, 0.29) is 11.3 Å². The van der Waals surface area contributed by atoms with Crippen LogP contribution in [0.2, 0.25) is 0 Å². The van der Waals surface area contributed by atoms with E-state index in [4.69, 9.17) is 5.11 Å². The highest BCUT2D eigenvalue weighted by Gasteiger charge is 2.28. The van der Waals surface area contributed by atoms with Gasteiger partial charge < -0.3 is 5.11 Å². The summed E-state index contributed by atoms with van der Waals surface area (Å²) in [5, 5.41) is 20.1. The van der Waals surface area contributed by atoms with E-state index in [1.165, 1.54) is 11.8 Å². The van der Waals surface area contributed by atoms with Crippen LogP contribution >= 0.6 is 23.1 Å². The minimum absolute atomic E-state index is 0.00915. The summed E-state index contributed by atoms with van der Waals surface area (Å²) in [6, 6.07) is 3.99. The zero-order valence-electron chi connectivity index (χ0n) is 12.4. The van der Waals surface area contributed by atoms with Crippen LogP contribution in [0.3, 0.4) is 0 Å². The van der Waals surface area contributed by atoms with Gasteiger partial charge in [-0.25, -0.2) is 0 Å². The Bertz CT molecular complexity index is 606. The van der Waals surface area contributed by atoms with Crippen LogP contribution in [0.15, 0.2) is 22.7 Å². The number of rotatable bonds is 7. The number of hydrogen-bond donors (Lipinski definition) is 1. The van der Waals surface area contributed by atoms with Crippen molar-refractivity contribution in [3.63, 3.8) is 0 Å². The van der Waals surface area contributed by atoms with E-state index in [9.17, 15) is 4.79 Å². The molecule has 114 valence electrons. The Balaban J connectivity index is 2.45. The monoisotopic (exact) mass is 325 g/mol. The molecule has 0 radical (unpaired) electrons. The van der Waals surface area contributed by atoms with E-state index in [0.717, 1.165) is 23.5 Å². The second kappa shape index (κ2) is 6.62. The Morgan fingerprint density at radius 2 is 2.24 bits per heavy atom. The second-order valence-corrected chi connectivity index (χ2v) is 7.25. The van der Waals surface area contributed by atoms with Crippen molar-refractivity contribution >= 4 is 29.1 Å². The van der Waals surface area contributed by atoms with Gasteiger partial charge in [-0.2, -0.15) is 0 Å². The van der Waals surface area contributed by atoms with Crippen molar-refractivity contribution in [1.29, 1.82) is 0 Å². The summed E-state index contributed by atoms with van der Waals surface area (Å²) < 4.78 is 2.08. The van der Waals surface area contributed by atoms with Gasteiger partial charge in [-0.3, -0.25) is 9.36 Å². The normalized spacial score (nSPS) is 11.8. The first-order chi connectivity index (χ1) is 9.95. The van der Waals surface area contributed by atoms with E-state index in [1.807, 2.05) is 17.5 Å². The molecular weight excluding hydrogens is 306 g/mol. The number of thiophene rings is 1. The first kappa shape index (κ1) is 16.0. The summed E-state index contributed by atoms with van der Waals surface area (Å²) in [7, 11) is 0. The number of aliphatic carboxylic acids is 1. The van der Waals surface area contributed by atoms with Crippen molar-refractivity contribution in [3.8, 4) is 10.7 Å². The van der Waals surface area contributed by atoms with E-state index < -0.39 is 5.97 Å². The fraction of sp³-hybridized carbons (Fsp3) is 0.500. The molecule has 0 bridgehead atoms. The highest BCUT2D eigenvalue weighted by molar-refractivity contribution is 7.99. The zero-order valence-corrected chi connectivity index (χ0v) is 14.0. The third-order valence-electron chi connectivity index (χ3n) is 3.17. The van der Waals surface area contributed by atoms with Gasteiger partial charge in [0.1, 0.15) is 0 Å². The average Bonchev–Trinajstić information content (AvgIpc) is 3.05. The van der Waals surface area contributed by atoms with Crippen LogP contribution in [0.1, 0.15) is 33.6 Å². The number of carboxylic acid groups (broad SMARTS) is 1. The van der Waals surface area contributed by atoms with Crippen LogP contribution in [-0.2, 0) is 10.3 Å². The molecule has 1 N–H and O–H groups in total. The molecule has 0 aliphatic rings. The van der Waals surface area contributed by atoms with Crippen molar-refractivity contribution < 1.29 is 9.90 Å². The SMILES string of the molecule is CCCC(C)(C)n1c(SCC(=O)O)nnc1-c1cccs1. The van der Waals surface area contributed by atoms with Crippen LogP contribution in [-0.4, -0.2) is 31.6 Å². The number of carboxylic acids is 1. The van der Waals surface area contributed by atoms with Crippen LogP contribution in [0.5, 0.6) is 0 Å². The maximum Gasteiger partial charge on any atom is 0.313 e. The molecule has 7 heteroatoms. The maximum absolute atomic E-state index is 10.8. The molecule has 0 aliphatic heterocycles. The predicted molar refractivity (Wildman–Crippen MR) is 85.9 cm³/mol. The van der Waals surface area contributed by atoms with E-state index in [1.54, 1.807) is 11.3 Å². The van der Waals surface area contributed by atoms with Gasteiger partial charge in [0.15, 0.2) is 11.0 Å². The Hall–Kier alpha value is -1.34. The molecule has 0 amide bonds. The summed E-state index contributed by atoms with van der Waals surface area (Å²) in [5.74, 6) is -0.0398. The number of hydrogen-bond acceptors (Lipinski definition) is 5. The summed E-state index contributed by atoms with van der Waals surface area (Å²) in [6.45, 7) is 6.42. The standard InChI is InChI=1S/C14H19N3O2S2/c1-4-7-14(2,3)17-12(10-6-5-8-20-10)15-16-13(17)21-9-11(18)19/h5-6,8H,4,7,9H2,1-3H3,(H,18,19). The van der Waals surface area contributed by atoms with Gasteiger partial charge in [0.25, 0.3) is 0 Å². The Morgan fingerprint density at radius 1 is 1.48 bits per heavy atom. The van der Waals surface area contributed by atoms with Crippen LogP contribution < -0.4 is 0 Å². The van der Waals surface area contributed by atoms with Crippen molar-refractivity contribution in [2.75, 3.05) is 5.75 Å².